The second kappa shape index (κ2) is 8.49. The van der Waals surface area contributed by atoms with Crippen molar-refractivity contribution >= 4 is 46.5 Å². The standard InChI is InChI=1S/C19H17N5O3S/c1-23(2)15-7-5-14(6-8-15)12-20-22-19-21-18(25)17(28-19)11-13-3-9-16(10-4-13)24(26)27/h3-12H,1-2H3,(H,21,22,25)/b17-11-,20-12-. The van der Waals surface area contributed by atoms with Gasteiger partial charge >= 0.3 is 0 Å². The van der Waals surface area contributed by atoms with E-state index in [0.717, 1.165) is 23.0 Å². The summed E-state index contributed by atoms with van der Waals surface area (Å²) in [4.78, 5) is 24.7. The first-order valence-electron chi connectivity index (χ1n) is 8.26. The van der Waals surface area contributed by atoms with Crippen molar-refractivity contribution in [3.05, 3.63) is 74.7 Å². The number of rotatable bonds is 5. The van der Waals surface area contributed by atoms with Gasteiger partial charge in [-0.05, 0) is 53.2 Å². The largest absolute Gasteiger partial charge is 0.378 e. The second-order valence-corrected chi connectivity index (χ2v) is 7.08. The van der Waals surface area contributed by atoms with Crippen LogP contribution < -0.4 is 10.2 Å². The van der Waals surface area contributed by atoms with Gasteiger partial charge in [-0.25, -0.2) is 0 Å². The van der Waals surface area contributed by atoms with Crippen LogP contribution in [-0.4, -0.2) is 36.3 Å². The van der Waals surface area contributed by atoms with Crippen LogP contribution in [0.5, 0.6) is 0 Å². The summed E-state index contributed by atoms with van der Waals surface area (Å²) in [5.74, 6) is -0.285. The van der Waals surface area contributed by atoms with Crippen molar-refractivity contribution in [2.45, 2.75) is 0 Å². The molecule has 0 radical (unpaired) electrons. The van der Waals surface area contributed by atoms with Crippen molar-refractivity contribution in [1.29, 1.82) is 0 Å². The van der Waals surface area contributed by atoms with E-state index in [2.05, 4.69) is 15.5 Å². The third-order valence-corrected chi connectivity index (χ3v) is 4.72. The van der Waals surface area contributed by atoms with E-state index in [0.29, 0.717) is 15.6 Å². The van der Waals surface area contributed by atoms with Crippen LogP contribution in [0, 0.1) is 10.1 Å². The molecule has 9 heteroatoms. The molecule has 1 heterocycles. The fourth-order valence-corrected chi connectivity index (χ4v) is 3.10. The maximum atomic E-state index is 12.1. The van der Waals surface area contributed by atoms with E-state index >= 15 is 0 Å². The molecule has 1 saturated heterocycles. The molecule has 0 atom stereocenters. The van der Waals surface area contributed by atoms with Gasteiger partial charge in [0.15, 0.2) is 5.17 Å². The second-order valence-electron chi connectivity index (χ2n) is 6.05. The highest BCUT2D eigenvalue weighted by Gasteiger charge is 2.23. The molecule has 1 amide bonds. The number of hydrogen-bond donors (Lipinski definition) is 1. The predicted molar refractivity (Wildman–Crippen MR) is 113 cm³/mol. The summed E-state index contributed by atoms with van der Waals surface area (Å²) in [7, 11) is 3.94. The minimum atomic E-state index is -0.467. The minimum Gasteiger partial charge on any atom is -0.378 e. The summed E-state index contributed by atoms with van der Waals surface area (Å²) < 4.78 is 0. The molecule has 0 aromatic heterocycles. The van der Waals surface area contributed by atoms with E-state index in [9.17, 15) is 14.9 Å². The zero-order valence-corrected chi connectivity index (χ0v) is 16.0. The molecule has 0 unspecified atom stereocenters. The number of nitrogens with one attached hydrogen (secondary N) is 1. The summed E-state index contributed by atoms with van der Waals surface area (Å²) in [5.41, 5.74) is 2.67. The lowest BCUT2D eigenvalue weighted by Crippen LogP contribution is -2.19. The van der Waals surface area contributed by atoms with E-state index in [1.54, 1.807) is 24.4 Å². The first-order chi connectivity index (χ1) is 13.4. The van der Waals surface area contributed by atoms with Gasteiger partial charge in [0.05, 0.1) is 16.0 Å². The SMILES string of the molecule is CN(C)c1ccc(/C=N\N=C2/NC(=O)/C(=C/c3ccc([N+](=O)[O-])cc3)S2)cc1. The molecule has 1 fully saturated rings. The lowest BCUT2D eigenvalue weighted by atomic mass is 10.2. The van der Waals surface area contributed by atoms with Gasteiger partial charge in [0, 0.05) is 31.9 Å². The number of thioether (sulfide) groups is 1. The number of non-ortho nitro benzene ring substituents is 1. The first kappa shape index (κ1) is 19.3. The van der Waals surface area contributed by atoms with Gasteiger partial charge in [-0.15, -0.1) is 5.10 Å². The van der Waals surface area contributed by atoms with Crippen LogP contribution in [0.3, 0.4) is 0 Å². The topological polar surface area (TPSA) is 100 Å². The van der Waals surface area contributed by atoms with Gasteiger partial charge < -0.3 is 4.90 Å². The molecule has 0 saturated carbocycles. The van der Waals surface area contributed by atoms with Gasteiger partial charge in [-0.3, -0.25) is 20.2 Å². The molecule has 0 aliphatic carbocycles. The van der Waals surface area contributed by atoms with Crippen LogP contribution in [0.25, 0.3) is 6.08 Å². The van der Waals surface area contributed by atoms with Crippen molar-refractivity contribution in [2.24, 2.45) is 10.2 Å². The Balaban J connectivity index is 1.66. The van der Waals surface area contributed by atoms with Crippen LogP contribution in [-0.2, 0) is 4.79 Å². The van der Waals surface area contributed by atoms with Crippen molar-refractivity contribution in [3.8, 4) is 0 Å². The Bertz CT molecular complexity index is 980. The number of carbonyl (C=O) groups is 1. The van der Waals surface area contributed by atoms with Crippen molar-refractivity contribution in [1.82, 2.24) is 5.32 Å². The molecule has 0 spiro atoms. The van der Waals surface area contributed by atoms with Gasteiger partial charge in [0.2, 0.25) is 0 Å². The number of anilines is 1. The van der Waals surface area contributed by atoms with E-state index in [-0.39, 0.29) is 11.6 Å². The number of amidine groups is 1. The summed E-state index contributed by atoms with van der Waals surface area (Å²) >= 11 is 1.16. The van der Waals surface area contributed by atoms with Crippen LogP contribution in [0.15, 0.2) is 63.6 Å². The highest BCUT2D eigenvalue weighted by Crippen LogP contribution is 2.26. The Hall–Kier alpha value is -3.46. The molecule has 1 aliphatic rings. The average molecular weight is 395 g/mol. The number of nitrogens with zero attached hydrogens (tertiary/aromatic N) is 4. The molecule has 0 bridgehead atoms. The highest BCUT2D eigenvalue weighted by atomic mass is 32.2. The third kappa shape index (κ3) is 4.83. The molecule has 8 nitrogen and oxygen atoms in total. The monoisotopic (exact) mass is 395 g/mol. The maximum Gasteiger partial charge on any atom is 0.269 e. The van der Waals surface area contributed by atoms with Crippen molar-refractivity contribution in [2.75, 3.05) is 19.0 Å². The summed E-state index contributed by atoms with van der Waals surface area (Å²) in [6, 6.07) is 13.8. The number of amides is 1. The Morgan fingerprint density at radius 2 is 1.71 bits per heavy atom. The molecule has 3 rings (SSSR count). The Labute approximate surface area is 165 Å². The van der Waals surface area contributed by atoms with Crippen molar-refractivity contribution in [3.63, 3.8) is 0 Å². The van der Waals surface area contributed by atoms with Crippen LogP contribution in [0.4, 0.5) is 11.4 Å². The normalized spacial score (nSPS) is 16.7. The smallest absolute Gasteiger partial charge is 0.269 e. The summed E-state index contributed by atoms with van der Waals surface area (Å²) in [6.07, 6.45) is 3.26. The lowest BCUT2D eigenvalue weighted by Gasteiger charge is -2.11. The van der Waals surface area contributed by atoms with Crippen LogP contribution >= 0.6 is 11.8 Å². The quantitative estimate of drug-likeness (QED) is 0.362. The van der Waals surface area contributed by atoms with E-state index in [1.807, 2.05) is 43.3 Å². The molecular weight excluding hydrogens is 378 g/mol. The Morgan fingerprint density at radius 1 is 1.07 bits per heavy atom. The predicted octanol–water partition coefficient (Wildman–Crippen LogP) is 3.25. The molecule has 1 N–H and O–H groups in total. The first-order valence-corrected chi connectivity index (χ1v) is 9.08. The Morgan fingerprint density at radius 3 is 2.32 bits per heavy atom. The van der Waals surface area contributed by atoms with E-state index in [1.165, 1.54) is 12.1 Å². The molecule has 2 aromatic carbocycles. The number of carbonyl (C=O) groups excluding carboxylic acids is 1. The number of nitro benzene ring substituents is 1. The fraction of sp³-hybridized carbons (Fsp3) is 0.105. The van der Waals surface area contributed by atoms with Crippen molar-refractivity contribution < 1.29 is 9.72 Å². The number of nitro groups is 1. The van der Waals surface area contributed by atoms with Crippen LogP contribution in [0.2, 0.25) is 0 Å². The molecule has 2 aromatic rings. The fourth-order valence-electron chi connectivity index (χ4n) is 2.33. The van der Waals surface area contributed by atoms with E-state index < -0.39 is 4.92 Å². The highest BCUT2D eigenvalue weighted by molar-refractivity contribution is 8.18. The van der Waals surface area contributed by atoms with E-state index in [4.69, 9.17) is 0 Å². The van der Waals surface area contributed by atoms with Gasteiger partial charge in [-0.1, -0.05) is 12.1 Å². The van der Waals surface area contributed by atoms with Crippen LogP contribution in [0.1, 0.15) is 11.1 Å². The zero-order valence-electron chi connectivity index (χ0n) is 15.2. The zero-order chi connectivity index (χ0) is 20.1. The van der Waals surface area contributed by atoms with Gasteiger partial charge in [-0.2, -0.15) is 5.10 Å². The minimum absolute atomic E-state index is 0.000814. The molecular formula is C19H17N5O3S. The summed E-state index contributed by atoms with van der Waals surface area (Å²) in [6.45, 7) is 0. The molecule has 142 valence electrons. The Kier molecular flexibility index (Phi) is 5.85. The lowest BCUT2D eigenvalue weighted by molar-refractivity contribution is -0.384. The average Bonchev–Trinajstić information content (AvgIpc) is 3.02. The molecule has 1 aliphatic heterocycles. The van der Waals surface area contributed by atoms with Gasteiger partial charge in [0.1, 0.15) is 0 Å². The number of benzene rings is 2. The maximum absolute atomic E-state index is 12.1. The summed E-state index contributed by atoms with van der Waals surface area (Å²) in [5, 5.41) is 21.8. The van der Waals surface area contributed by atoms with Gasteiger partial charge in [0.25, 0.3) is 11.6 Å². The third-order valence-electron chi connectivity index (χ3n) is 3.82. The molecule has 28 heavy (non-hydrogen) atoms. The number of hydrogen-bond acceptors (Lipinski definition) is 7.